The Balaban J connectivity index is 2.42. The first-order chi connectivity index (χ1) is 8.11. The Kier molecular flexibility index (Phi) is 3.50. The maximum atomic E-state index is 10.4. The molecule has 1 N–H and O–H groups in total. The van der Waals surface area contributed by atoms with Crippen molar-refractivity contribution in [3.8, 4) is 5.75 Å². The third-order valence-corrected chi connectivity index (χ3v) is 3.76. The van der Waals surface area contributed by atoms with Gasteiger partial charge in [0, 0.05) is 15.3 Å². The second-order valence-corrected chi connectivity index (χ2v) is 5.42. The summed E-state index contributed by atoms with van der Waals surface area (Å²) in [5.74, 6) is 0.731. The fourth-order valence-electron chi connectivity index (χ4n) is 1.82. The highest BCUT2D eigenvalue weighted by Gasteiger charge is 2.16. The molecule has 90 valence electrons. The quantitative estimate of drug-likeness (QED) is 0.901. The Bertz CT molecular complexity index is 517. The van der Waals surface area contributed by atoms with Crippen molar-refractivity contribution in [1.82, 2.24) is 0 Å². The van der Waals surface area contributed by atoms with Crippen molar-refractivity contribution < 1.29 is 9.84 Å². The van der Waals surface area contributed by atoms with Gasteiger partial charge in [0.1, 0.15) is 11.9 Å². The number of benzene rings is 1. The van der Waals surface area contributed by atoms with Crippen LogP contribution in [0, 0.1) is 13.8 Å². The van der Waals surface area contributed by atoms with Crippen LogP contribution >= 0.6 is 11.3 Å². The summed E-state index contributed by atoms with van der Waals surface area (Å²) in [7, 11) is 1.63. The zero-order chi connectivity index (χ0) is 12.4. The highest BCUT2D eigenvalue weighted by Crippen LogP contribution is 2.33. The summed E-state index contributed by atoms with van der Waals surface area (Å²) >= 11 is 1.61. The average molecular weight is 248 g/mol. The summed E-state index contributed by atoms with van der Waals surface area (Å²) in [4.78, 5) is 2.15. The summed E-state index contributed by atoms with van der Waals surface area (Å²) in [5, 5.41) is 10.4. The molecule has 2 rings (SSSR count). The molecule has 3 heteroatoms. The molecule has 0 saturated heterocycles. The first-order valence-electron chi connectivity index (χ1n) is 5.50. The molecule has 0 aliphatic heterocycles. The second-order valence-electron chi connectivity index (χ2n) is 4.10. The minimum atomic E-state index is -0.608. The first kappa shape index (κ1) is 12.1. The molecule has 0 aliphatic carbocycles. The number of aliphatic hydroxyl groups excluding tert-OH is 1. The van der Waals surface area contributed by atoms with Gasteiger partial charge < -0.3 is 9.84 Å². The van der Waals surface area contributed by atoms with E-state index < -0.39 is 6.10 Å². The van der Waals surface area contributed by atoms with Crippen LogP contribution in [-0.4, -0.2) is 12.2 Å². The molecule has 1 aromatic heterocycles. The van der Waals surface area contributed by atoms with Crippen molar-refractivity contribution >= 4 is 11.3 Å². The van der Waals surface area contributed by atoms with Crippen LogP contribution in [0.5, 0.6) is 5.75 Å². The van der Waals surface area contributed by atoms with Gasteiger partial charge in [0.2, 0.25) is 0 Å². The third-order valence-electron chi connectivity index (χ3n) is 2.71. The summed E-state index contributed by atoms with van der Waals surface area (Å²) < 4.78 is 5.29. The summed E-state index contributed by atoms with van der Waals surface area (Å²) in [6.07, 6.45) is -0.608. The highest BCUT2D eigenvalue weighted by atomic mass is 32.1. The van der Waals surface area contributed by atoms with Crippen molar-refractivity contribution in [2.75, 3.05) is 7.11 Å². The van der Waals surface area contributed by atoms with Crippen LogP contribution in [0.2, 0.25) is 0 Å². The Labute approximate surface area is 105 Å². The van der Waals surface area contributed by atoms with E-state index in [9.17, 15) is 5.11 Å². The molecule has 1 heterocycles. The van der Waals surface area contributed by atoms with E-state index in [1.54, 1.807) is 18.4 Å². The van der Waals surface area contributed by atoms with E-state index in [0.29, 0.717) is 0 Å². The van der Waals surface area contributed by atoms with Gasteiger partial charge in [0.25, 0.3) is 0 Å². The molecule has 0 saturated carbocycles. The van der Waals surface area contributed by atoms with E-state index >= 15 is 0 Å². The van der Waals surface area contributed by atoms with Crippen LogP contribution in [0.1, 0.15) is 27.0 Å². The molecule has 1 atom stereocenters. The Morgan fingerprint density at radius 1 is 1.18 bits per heavy atom. The molecule has 0 spiro atoms. The number of hydrogen-bond donors (Lipinski definition) is 1. The van der Waals surface area contributed by atoms with Gasteiger partial charge in [-0.1, -0.05) is 11.6 Å². The third kappa shape index (κ3) is 2.51. The second kappa shape index (κ2) is 4.90. The molecule has 2 aromatic rings. The van der Waals surface area contributed by atoms with Crippen LogP contribution in [0.15, 0.2) is 30.3 Å². The topological polar surface area (TPSA) is 29.5 Å². The monoisotopic (exact) mass is 248 g/mol. The standard InChI is InChI=1S/C14H16O2S/c1-9-4-6-12(16-3)11(8-9)14(15)13-7-5-10(2)17-13/h4-8,14-15H,1-3H3/t14-/m0/s1. The van der Waals surface area contributed by atoms with Gasteiger partial charge in [0.15, 0.2) is 0 Å². The molecular formula is C14H16O2S. The largest absolute Gasteiger partial charge is 0.496 e. The van der Waals surface area contributed by atoms with E-state index in [2.05, 4.69) is 0 Å². The molecule has 0 radical (unpaired) electrons. The Morgan fingerprint density at radius 3 is 2.53 bits per heavy atom. The number of thiophene rings is 1. The highest BCUT2D eigenvalue weighted by molar-refractivity contribution is 7.12. The van der Waals surface area contributed by atoms with Gasteiger partial charge in [-0.15, -0.1) is 11.3 Å². The smallest absolute Gasteiger partial charge is 0.125 e. The molecule has 1 aromatic carbocycles. The van der Waals surface area contributed by atoms with E-state index in [4.69, 9.17) is 4.74 Å². The number of methoxy groups -OCH3 is 1. The van der Waals surface area contributed by atoms with Crippen molar-refractivity contribution in [2.45, 2.75) is 20.0 Å². The van der Waals surface area contributed by atoms with Gasteiger partial charge in [-0.25, -0.2) is 0 Å². The summed E-state index contributed by atoms with van der Waals surface area (Å²) in [5.41, 5.74) is 1.95. The van der Waals surface area contributed by atoms with Crippen molar-refractivity contribution in [2.24, 2.45) is 0 Å². The lowest BCUT2D eigenvalue weighted by Crippen LogP contribution is -2.01. The molecule has 0 bridgehead atoms. The molecule has 2 nitrogen and oxygen atoms in total. The predicted octanol–water partition coefficient (Wildman–Crippen LogP) is 3.46. The molecule has 0 unspecified atom stereocenters. The molecule has 0 fully saturated rings. The van der Waals surface area contributed by atoms with Gasteiger partial charge in [-0.2, -0.15) is 0 Å². The number of hydrogen-bond acceptors (Lipinski definition) is 3. The maximum Gasteiger partial charge on any atom is 0.125 e. The van der Waals surface area contributed by atoms with Gasteiger partial charge in [-0.3, -0.25) is 0 Å². The predicted molar refractivity (Wildman–Crippen MR) is 70.8 cm³/mol. The Morgan fingerprint density at radius 2 is 1.94 bits per heavy atom. The number of rotatable bonds is 3. The van der Waals surface area contributed by atoms with Crippen LogP contribution in [-0.2, 0) is 0 Å². The zero-order valence-corrected chi connectivity index (χ0v) is 11.0. The fourth-order valence-corrected chi connectivity index (χ4v) is 2.70. The first-order valence-corrected chi connectivity index (χ1v) is 6.32. The van der Waals surface area contributed by atoms with Crippen LogP contribution < -0.4 is 4.74 Å². The Hall–Kier alpha value is -1.32. The van der Waals surface area contributed by atoms with Crippen LogP contribution in [0.4, 0.5) is 0 Å². The average Bonchev–Trinajstić information content (AvgIpc) is 2.75. The van der Waals surface area contributed by atoms with Gasteiger partial charge in [-0.05, 0) is 38.1 Å². The van der Waals surface area contributed by atoms with Crippen LogP contribution in [0.25, 0.3) is 0 Å². The summed E-state index contributed by atoms with van der Waals surface area (Å²) in [6, 6.07) is 9.83. The van der Waals surface area contributed by atoms with Crippen molar-refractivity contribution in [1.29, 1.82) is 0 Å². The molecule has 17 heavy (non-hydrogen) atoms. The fraction of sp³-hybridized carbons (Fsp3) is 0.286. The maximum absolute atomic E-state index is 10.4. The molecule has 0 aliphatic rings. The van der Waals surface area contributed by atoms with E-state index in [1.807, 2.05) is 44.2 Å². The van der Waals surface area contributed by atoms with Gasteiger partial charge >= 0.3 is 0 Å². The van der Waals surface area contributed by atoms with Crippen LogP contribution in [0.3, 0.4) is 0 Å². The van der Waals surface area contributed by atoms with Crippen molar-refractivity contribution in [3.05, 3.63) is 51.2 Å². The van der Waals surface area contributed by atoms with E-state index in [0.717, 1.165) is 21.8 Å². The minimum absolute atomic E-state index is 0.608. The normalized spacial score (nSPS) is 12.5. The lowest BCUT2D eigenvalue weighted by atomic mass is 10.0. The zero-order valence-electron chi connectivity index (χ0n) is 10.2. The van der Waals surface area contributed by atoms with Crippen molar-refractivity contribution in [3.63, 3.8) is 0 Å². The number of aryl methyl sites for hydroxylation is 2. The minimum Gasteiger partial charge on any atom is -0.496 e. The number of aliphatic hydroxyl groups is 1. The van der Waals surface area contributed by atoms with E-state index in [1.165, 1.54) is 4.88 Å². The molecular weight excluding hydrogens is 232 g/mol. The molecule has 0 amide bonds. The lowest BCUT2D eigenvalue weighted by molar-refractivity contribution is 0.218. The SMILES string of the molecule is COc1ccc(C)cc1[C@H](O)c1ccc(C)s1. The number of ether oxygens (including phenoxy) is 1. The van der Waals surface area contributed by atoms with E-state index in [-0.39, 0.29) is 0 Å². The van der Waals surface area contributed by atoms with Gasteiger partial charge in [0.05, 0.1) is 7.11 Å². The lowest BCUT2D eigenvalue weighted by Gasteiger charge is -2.14. The summed E-state index contributed by atoms with van der Waals surface area (Å²) in [6.45, 7) is 4.05.